The number of aromatic nitrogens is 1. The fraction of sp³-hybridized carbons (Fsp3) is 0.154. The van der Waals surface area contributed by atoms with Gasteiger partial charge in [0, 0.05) is 10.7 Å². The average molecular weight is 321 g/mol. The van der Waals surface area contributed by atoms with Crippen LogP contribution in [0.25, 0.3) is 0 Å². The Hall–Kier alpha value is -1.95. The second kappa shape index (κ2) is 4.31. The van der Waals surface area contributed by atoms with Gasteiger partial charge in [-0.3, -0.25) is 9.59 Å². The van der Waals surface area contributed by atoms with E-state index in [0.29, 0.717) is 17.1 Å². The highest BCUT2D eigenvalue weighted by Crippen LogP contribution is 2.27. The molecule has 0 saturated heterocycles. The summed E-state index contributed by atoms with van der Waals surface area (Å²) in [6.45, 7) is 1.87. The molecule has 0 aliphatic carbocycles. The number of fused-ring (bicyclic) bond motifs is 1. The summed E-state index contributed by atoms with van der Waals surface area (Å²) in [6, 6.07) is 3.27. The SMILES string of the molecule is Cc1cc(N2C(=O)Cc3occc3C2=O)ncc1Br. The molecule has 0 aromatic carbocycles. The fourth-order valence-corrected chi connectivity index (χ4v) is 2.21. The fourth-order valence-electron chi connectivity index (χ4n) is 2.00. The molecule has 1 aliphatic heterocycles. The summed E-state index contributed by atoms with van der Waals surface area (Å²) in [6.07, 6.45) is 3.07. The van der Waals surface area contributed by atoms with Gasteiger partial charge < -0.3 is 4.42 Å². The van der Waals surface area contributed by atoms with Crippen LogP contribution in [0.3, 0.4) is 0 Å². The van der Waals surface area contributed by atoms with Crippen molar-refractivity contribution in [2.75, 3.05) is 4.90 Å². The van der Waals surface area contributed by atoms with Crippen molar-refractivity contribution >= 4 is 33.6 Å². The Morgan fingerprint density at radius 3 is 2.95 bits per heavy atom. The maximum absolute atomic E-state index is 12.3. The number of carbonyl (C=O) groups is 2. The van der Waals surface area contributed by atoms with E-state index < -0.39 is 5.91 Å². The zero-order chi connectivity index (χ0) is 13.6. The molecule has 0 atom stereocenters. The van der Waals surface area contributed by atoms with E-state index in [4.69, 9.17) is 4.42 Å². The Kier molecular flexibility index (Phi) is 2.74. The highest BCUT2D eigenvalue weighted by Gasteiger charge is 2.35. The van der Waals surface area contributed by atoms with Crippen molar-refractivity contribution in [3.05, 3.63) is 46.0 Å². The Balaban J connectivity index is 2.08. The molecule has 0 spiro atoms. The minimum atomic E-state index is -0.394. The summed E-state index contributed by atoms with van der Waals surface area (Å²) in [5.41, 5.74) is 1.32. The Morgan fingerprint density at radius 2 is 2.21 bits per heavy atom. The van der Waals surface area contributed by atoms with Crippen LogP contribution in [0.2, 0.25) is 0 Å². The van der Waals surface area contributed by atoms with Gasteiger partial charge in [-0.1, -0.05) is 0 Å². The molecule has 1 aliphatic rings. The largest absolute Gasteiger partial charge is 0.468 e. The molecule has 0 fully saturated rings. The number of anilines is 1. The lowest BCUT2D eigenvalue weighted by atomic mass is 10.1. The van der Waals surface area contributed by atoms with Crippen molar-refractivity contribution in [3.8, 4) is 0 Å². The van der Waals surface area contributed by atoms with Crippen molar-refractivity contribution in [3.63, 3.8) is 0 Å². The molecule has 0 radical (unpaired) electrons. The Labute approximate surface area is 117 Å². The molecule has 0 N–H and O–H groups in total. The number of aryl methyl sites for hydroxylation is 1. The number of nitrogens with zero attached hydrogens (tertiary/aromatic N) is 2. The second-order valence-electron chi connectivity index (χ2n) is 4.26. The van der Waals surface area contributed by atoms with Crippen molar-refractivity contribution in [1.82, 2.24) is 4.98 Å². The smallest absolute Gasteiger partial charge is 0.269 e. The molecule has 3 heterocycles. The van der Waals surface area contributed by atoms with Crippen LogP contribution in [-0.2, 0) is 11.2 Å². The zero-order valence-electron chi connectivity index (χ0n) is 10.0. The number of carbonyl (C=O) groups excluding carboxylic acids is 2. The Bertz CT molecular complexity index is 693. The van der Waals surface area contributed by atoms with E-state index >= 15 is 0 Å². The van der Waals surface area contributed by atoms with Gasteiger partial charge in [0.05, 0.1) is 18.2 Å². The number of imide groups is 1. The van der Waals surface area contributed by atoms with Crippen LogP contribution in [-0.4, -0.2) is 16.8 Å². The minimum Gasteiger partial charge on any atom is -0.468 e. The van der Waals surface area contributed by atoms with Crippen LogP contribution < -0.4 is 4.90 Å². The summed E-state index contributed by atoms with van der Waals surface area (Å²) >= 11 is 3.34. The van der Waals surface area contributed by atoms with Crippen molar-refractivity contribution < 1.29 is 14.0 Å². The standard InChI is InChI=1S/C13H9BrN2O3/c1-7-4-11(15-6-9(7)14)16-12(17)5-10-8(13(16)18)2-3-19-10/h2-4,6H,5H2,1H3. The van der Waals surface area contributed by atoms with Crippen molar-refractivity contribution in [1.29, 1.82) is 0 Å². The number of pyridine rings is 1. The number of amides is 2. The number of hydrogen-bond acceptors (Lipinski definition) is 4. The number of hydrogen-bond donors (Lipinski definition) is 0. The van der Waals surface area contributed by atoms with Crippen LogP contribution in [0.4, 0.5) is 5.82 Å². The monoisotopic (exact) mass is 320 g/mol. The zero-order valence-corrected chi connectivity index (χ0v) is 11.6. The second-order valence-corrected chi connectivity index (χ2v) is 5.11. The first kappa shape index (κ1) is 12.1. The first-order chi connectivity index (χ1) is 9.08. The van der Waals surface area contributed by atoms with Crippen LogP contribution in [0, 0.1) is 6.92 Å². The summed E-state index contributed by atoms with van der Waals surface area (Å²) in [5.74, 6) is 0.0264. The maximum atomic E-state index is 12.3. The highest BCUT2D eigenvalue weighted by molar-refractivity contribution is 9.10. The third-order valence-corrected chi connectivity index (χ3v) is 3.83. The lowest BCUT2D eigenvalue weighted by Crippen LogP contribution is -2.42. The predicted molar refractivity (Wildman–Crippen MR) is 70.9 cm³/mol. The van der Waals surface area contributed by atoms with Gasteiger partial charge in [-0.15, -0.1) is 0 Å². The van der Waals surface area contributed by atoms with Crippen LogP contribution in [0.1, 0.15) is 21.7 Å². The molecule has 2 amide bonds. The highest BCUT2D eigenvalue weighted by atomic mass is 79.9. The Morgan fingerprint density at radius 1 is 1.42 bits per heavy atom. The molecular formula is C13H9BrN2O3. The molecule has 19 heavy (non-hydrogen) atoms. The predicted octanol–water partition coefficient (Wildman–Crippen LogP) is 2.48. The number of rotatable bonds is 1. The van der Waals surface area contributed by atoms with Gasteiger partial charge in [0.25, 0.3) is 5.91 Å². The molecule has 6 heteroatoms. The average Bonchev–Trinajstić information content (AvgIpc) is 2.82. The van der Waals surface area contributed by atoms with Gasteiger partial charge in [-0.05, 0) is 40.5 Å². The first-order valence-electron chi connectivity index (χ1n) is 5.63. The van der Waals surface area contributed by atoms with Crippen molar-refractivity contribution in [2.24, 2.45) is 0 Å². The van der Waals surface area contributed by atoms with Gasteiger partial charge in [0.15, 0.2) is 0 Å². The first-order valence-corrected chi connectivity index (χ1v) is 6.43. The molecule has 0 unspecified atom stereocenters. The van der Waals surface area contributed by atoms with Gasteiger partial charge >= 0.3 is 0 Å². The molecule has 5 nitrogen and oxygen atoms in total. The van der Waals surface area contributed by atoms with Gasteiger partial charge in [-0.25, -0.2) is 9.88 Å². The summed E-state index contributed by atoms with van der Waals surface area (Å²) in [7, 11) is 0. The van der Waals surface area contributed by atoms with E-state index in [0.717, 1.165) is 14.9 Å². The van der Waals surface area contributed by atoms with Crippen LogP contribution in [0.5, 0.6) is 0 Å². The topological polar surface area (TPSA) is 63.4 Å². The summed E-state index contributed by atoms with van der Waals surface area (Å²) in [4.78, 5) is 29.6. The van der Waals surface area contributed by atoms with E-state index in [9.17, 15) is 9.59 Å². The molecule has 0 saturated carbocycles. The number of furan rings is 1. The van der Waals surface area contributed by atoms with E-state index in [-0.39, 0.29) is 12.3 Å². The van der Waals surface area contributed by atoms with Gasteiger partial charge in [0.2, 0.25) is 5.91 Å². The molecule has 2 aromatic rings. The van der Waals surface area contributed by atoms with E-state index in [2.05, 4.69) is 20.9 Å². The van der Waals surface area contributed by atoms with E-state index in [1.165, 1.54) is 6.26 Å². The van der Waals surface area contributed by atoms with Crippen LogP contribution >= 0.6 is 15.9 Å². The maximum Gasteiger partial charge on any atom is 0.269 e. The summed E-state index contributed by atoms with van der Waals surface area (Å²) < 4.78 is 5.96. The minimum absolute atomic E-state index is 0.0743. The van der Waals surface area contributed by atoms with E-state index in [1.807, 2.05) is 6.92 Å². The number of halogens is 1. The van der Waals surface area contributed by atoms with E-state index in [1.54, 1.807) is 18.3 Å². The molecule has 2 aromatic heterocycles. The quantitative estimate of drug-likeness (QED) is 0.757. The molecular weight excluding hydrogens is 312 g/mol. The molecule has 3 rings (SSSR count). The third kappa shape index (κ3) is 1.88. The lowest BCUT2D eigenvalue weighted by molar-refractivity contribution is -0.117. The van der Waals surface area contributed by atoms with Crippen LogP contribution in [0.15, 0.2) is 33.5 Å². The summed E-state index contributed by atoms with van der Waals surface area (Å²) in [5, 5.41) is 0. The normalized spacial score (nSPS) is 14.7. The third-order valence-electron chi connectivity index (χ3n) is 3.00. The van der Waals surface area contributed by atoms with Gasteiger partial charge in [0.1, 0.15) is 11.6 Å². The molecule has 96 valence electrons. The molecule has 0 bridgehead atoms. The van der Waals surface area contributed by atoms with Gasteiger partial charge in [-0.2, -0.15) is 0 Å². The van der Waals surface area contributed by atoms with Crippen molar-refractivity contribution in [2.45, 2.75) is 13.3 Å². The lowest BCUT2D eigenvalue weighted by Gasteiger charge is -2.23.